The molecule has 3 N–H and O–H groups in total. The molecule has 0 saturated heterocycles. The molecule has 0 bridgehead atoms. The van der Waals surface area contributed by atoms with E-state index < -0.39 is 0 Å². The van der Waals surface area contributed by atoms with Crippen LogP contribution in [-0.2, 0) is 0 Å². The highest BCUT2D eigenvalue weighted by Gasteiger charge is 2.06. The average Bonchev–Trinajstić information content (AvgIpc) is 2.42. The Balaban J connectivity index is 2.08. The van der Waals surface area contributed by atoms with Crippen LogP contribution in [0.4, 0.5) is 17.2 Å². The zero-order chi connectivity index (χ0) is 14.1. The van der Waals surface area contributed by atoms with Crippen molar-refractivity contribution in [2.45, 2.75) is 13.8 Å². The predicted molar refractivity (Wildman–Crippen MR) is 83.1 cm³/mol. The molecule has 0 fully saturated rings. The summed E-state index contributed by atoms with van der Waals surface area (Å²) in [6.45, 7) is 4.16. The van der Waals surface area contributed by atoms with E-state index >= 15 is 0 Å². The van der Waals surface area contributed by atoms with Crippen LogP contribution in [0, 0.1) is 13.8 Å². The molecule has 1 heterocycles. The summed E-state index contributed by atoms with van der Waals surface area (Å²) in [5.41, 5.74) is 10.9. The Morgan fingerprint density at radius 1 is 1.00 bits per heavy atom. The van der Waals surface area contributed by atoms with Crippen molar-refractivity contribution in [1.82, 2.24) is 9.97 Å². The van der Waals surface area contributed by atoms with Gasteiger partial charge >= 0.3 is 0 Å². The maximum Gasteiger partial charge on any atom is 0.141 e. The molecule has 0 aliphatic carbocycles. The number of nitrogen functional groups attached to an aromatic ring is 1. The van der Waals surface area contributed by atoms with Crippen molar-refractivity contribution in [3.05, 3.63) is 53.9 Å². The monoisotopic (exact) mass is 264 g/mol. The third kappa shape index (κ3) is 2.28. The minimum atomic E-state index is 0.705. The summed E-state index contributed by atoms with van der Waals surface area (Å²) < 4.78 is 0. The molecule has 1 aromatic heterocycles. The lowest BCUT2D eigenvalue weighted by atomic mass is 10.1. The molecule has 0 unspecified atom stereocenters. The van der Waals surface area contributed by atoms with Crippen LogP contribution < -0.4 is 11.1 Å². The molecule has 0 saturated carbocycles. The fraction of sp³-hybridized carbons (Fsp3) is 0.125. The molecule has 2 aromatic carbocycles. The number of fused-ring (bicyclic) bond motifs is 1. The van der Waals surface area contributed by atoms with Crippen LogP contribution in [0.2, 0.25) is 0 Å². The van der Waals surface area contributed by atoms with E-state index in [0.29, 0.717) is 5.69 Å². The summed E-state index contributed by atoms with van der Waals surface area (Å²) in [4.78, 5) is 8.58. The highest BCUT2D eigenvalue weighted by molar-refractivity contribution is 5.92. The molecule has 3 aromatic rings. The van der Waals surface area contributed by atoms with Crippen LogP contribution >= 0.6 is 0 Å². The molecule has 0 spiro atoms. The molecule has 100 valence electrons. The van der Waals surface area contributed by atoms with Crippen molar-refractivity contribution in [3.8, 4) is 0 Å². The SMILES string of the molecule is Cc1ccc(Nc2ncnc3ccc(N)cc23)c(C)c1. The first-order chi connectivity index (χ1) is 9.63. The molecule has 0 radical (unpaired) electrons. The van der Waals surface area contributed by atoms with Gasteiger partial charge in [-0.25, -0.2) is 9.97 Å². The van der Waals surface area contributed by atoms with Gasteiger partial charge in [-0.2, -0.15) is 0 Å². The van der Waals surface area contributed by atoms with E-state index in [2.05, 4.69) is 47.3 Å². The van der Waals surface area contributed by atoms with Crippen molar-refractivity contribution in [1.29, 1.82) is 0 Å². The number of benzene rings is 2. The Kier molecular flexibility index (Phi) is 2.99. The Bertz CT molecular complexity index is 781. The third-order valence-electron chi connectivity index (χ3n) is 3.29. The van der Waals surface area contributed by atoms with Gasteiger partial charge in [0.25, 0.3) is 0 Å². The van der Waals surface area contributed by atoms with Gasteiger partial charge in [-0.1, -0.05) is 17.7 Å². The highest BCUT2D eigenvalue weighted by atomic mass is 15.0. The van der Waals surface area contributed by atoms with Gasteiger partial charge in [0.05, 0.1) is 5.52 Å². The summed E-state index contributed by atoms with van der Waals surface area (Å²) in [5, 5.41) is 4.29. The van der Waals surface area contributed by atoms with Gasteiger partial charge in [-0.15, -0.1) is 0 Å². The predicted octanol–water partition coefficient (Wildman–Crippen LogP) is 3.57. The Morgan fingerprint density at radius 2 is 1.85 bits per heavy atom. The molecule has 4 heteroatoms. The smallest absolute Gasteiger partial charge is 0.141 e. The largest absolute Gasteiger partial charge is 0.399 e. The van der Waals surface area contributed by atoms with Gasteiger partial charge in [0.15, 0.2) is 0 Å². The van der Waals surface area contributed by atoms with Crippen molar-refractivity contribution < 1.29 is 0 Å². The molecule has 4 nitrogen and oxygen atoms in total. The average molecular weight is 264 g/mol. The first-order valence-electron chi connectivity index (χ1n) is 6.48. The van der Waals surface area contributed by atoms with E-state index in [9.17, 15) is 0 Å². The van der Waals surface area contributed by atoms with Gasteiger partial charge in [-0.05, 0) is 43.7 Å². The molecule has 3 rings (SSSR count). The molecule has 20 heavy (non-hydrogen) atoms. The first-order valence-corrected chi connectivity index (χ1v) is 6.48. The number of nitrogens with two attached hydrogens (primary N) is 1. The summed E-state index contributed by atoms with van der Waals surface area (Å²) in [6, 6.07) is 11.9. The second-order valence-electron chi connectivity index (χ2n) is 4.94. The van der Waals surface area contributed by atoms with Crippen LogP contribution in [-0.4, -0.2) is 9.97 Å². The maximum atomic E-state index is 5.85. The number of rotatable bonds is 2. The number of aromatic nitrogens is 2. The minimum Gasteiger partial charge on any atom is -0.399 e. The lowest BCUT2D eigenvalue weighted by Crippen LogP contribution is -1.98. The van der Waals surface area contributed by atoms with Crippen LogP contribution in [0.3, 0.4) is 0 Å². The van der Waals surface area contributed by atoms with Crippen molar-refractivity contribution in [3.63, 3.8) is 0 Å². The second-order valence-corrected chi connectivity index (χ2v) is 4.94. The fourth-order valence-electron chi connectivity index (χ4n) is 2.26. The molecule has 0 aliphatic heterocycles. The van der Waals surface area contributed by atoms with Crippen LogP contribution in [0.5, 0.6) is 0 Å². The standard InChI is InChI=1S/C16H16N4/c1-10-3-5-14(11(2)7-10)20-16-13-8-12(17)4-6-15(13)18-9-19-16/h3-9H,17H2,1-2H3,(H,18,19,20). The first kappa shape index (κ1) is 12.4. The normalized spacial score (nSPS) is 10.7. The second kappa shape index (κ2) is 4.81. The Labute approximate surface area is 117 Å². The lowest BCUT2D eigenvalue weighted by Gasteiger charge is -2.11. The Hall–Kier alpha value is -2.62. The van der Waals surface area contributed by atoms with E-state index in [1.165, 1.54) is 11.1 Å². The van der Waals surface area contributed by atoms with Crippen molar-refractivity contribution in [2.75, 3.05) is 11.1 Å². The molecule has 0 atom stereocenters. The number of anilines is 3. The van der Waals surface area contributed by atoms with E-state index in [4.69, 9.17) is 5.73 Å². The number of hydrogen-bond donors (Lipinski definition) is 2. The number of aryl methyl sites for hydroxylation is 2. The highest BCUT2D eigenvalue weighted by Crippen LogP contribution is 2.26. The zero-order valence-electron chi connectivity index (χ0n) is 11.5. The van der Waals surface area contributed by atoms with E-state index in [1.54, 1.807) is 6.33 Å². The number of nitrogens with zero attached hydrogens (tertiary/aromatic N) is 2. The van der Waals surface area contributed by atoms with Gasteiger partial charge < -0.3 is 11.1 Å². The molecular weight excluding hydrogens is 248 g/mol. The van der Waals surface area contributed by atoms with E-state index in [0.717, 1.165) is 22.4 Å². The molecule has 0 aliphatic rings. The summed E-state index contributed by atoms with van der Waals surface area (Å²) >= 11 is 0. The topological polar surface area (TPSA) is 63.8 Å². The van der Waals surface area contributed by atoms with Crippen molar-refractivity contribution in [2.24, 2.45) is 0 Å². The Morgan fingerprint density at radius 3 is 2.65 bits per heavy atom. The van der Waals surface area contributed by atoms with Gasteiger partial charge in [-0.3, -0.25) is 0 Å². The number of nitrogens with one attached hydrogen (secondary N) is 1. The quantitative estimate of drug-likeness (QED) is 0.694. The molecular formula is C16H16N4. The third-order valence-corrected chi connectivity index (χ3v) is 3.29. The fourth-order valence-corrected chi connectivity index (χ4v) is 2.26. The van der Waals surface area contributed by atoms with Crippen LogP contribution in [0.1, 0.15) is 11.1 Å². The summed E-state index contributed by atoms with van der Waals surface area (Å²) in [7, 11) is 0. The summed E-state index contributed by atoms with van der Waals surface area (Å²) in [6.07, 6.45) is 1.56. The van der Waals surface area contributed by atoms with Crippen LogP contribution in [0.25, 0.3) is 10.9 Å². The zero-order valence-corrected chi connectivity index (χ0v) is 11.5. The summed E-state index contributed by atoms with van der Waals surface area (Å²) in [5.74, 6) is 0.772. The van der Waals surface area contributed by atoms with Gasteiger partial charge in [0.2, 0.25) is 0 Å². The maximum absolute atomic E-state index is 5.85. The van der Waals surface area contributed by atoms with Gasteiger partial charge in [0, 0.05) is 16.8 Å². The van der Waals surface area contributed by atoms with Crippen molar-refractivity contribution >= 4 is 28.1 Å². The van der Waals surface area contributed by atoms with Crippen LogP contribution in [0.15, 0.2) is 42.7 Å². The molecule has 0 amide bonds. The van der Waals surface area contributed by atoms with Gasteiger partial charge in [0.1, 0.15) is 12.1 Å². The van der Waals surface area contributed by atoms with E-state index in [1.807, 2.05) is 18.2 Å². The van der Waals surface area contributed by atoms with E-state index in [-0.39, 0.29) is 0 Å². The minimum absolute atomic E-state index is 0.705. The lowest BCUT2D eigenvalue weighted by molar-refractivity contribution is 1.21. The number of hydrogen-bond acceptors (Lipinski definition) is 4.